The molecule has 1 aromatic carbocycles. The van der Waals surface area contributed by atoms with E-state index >= 15 is 0 Å². The van der Waals surface area contributed by atoms with E-state index in [-0.39, 0.29) is 6.04 Å². The van der Waals surface area contributed by atoms with Crippen molar-refractivity contribution < 1.29 is 14.0 Å². The van der Waals surface area contributed by atoms with Crippen molar-refractivity contribution >= 4 is 0 Å². The number of hydrogen-bond acceptors (Lipinski definition) is 7. The summed E-state index contributed by atoms with van der Waals surface area (Å²) in [6, 6.07) is 9.65. The Morgan fingerprint density at radius 3 is 3.00 bits per heavy atom. The third-order valence-electron chi connectivity index (χ3n) is 4.55. The van der Waals surface area contributed by atoms with Gasteiger partial charge >= 0.3 is 0 Å². The maximum absolute atomic E-state index is 5.89. The largest absolute Gasteiger partial charge is 0.497 e. The molecule has 0 N–H and O–H groups in total. The maximum Gasteiger partial charge on any atom is 0.244 e. The lowest BCUT2D eigenvalue weighted by Gasteiger charge is -2.24. The van der Waals surface area contributed by atoms with Crippen LogP contribution in [0.4, 0.5) is 0 Å². The molecule has 2 aromatic heterocycles. The number of nitrogens with zero attached hydrogens (tertiary/aromatic N) is 4. The highest BCUT2D eigenvalue weighted by Gasteiger charge is 2.25. The van der Waals surface area contributed by atoms with Crippen LogP contribution in [0.25, 0.3) is 11.4 Å². The molecule has 1 aliphatic heterocycles. The van der Waals surface area contributed by atoms with Gasteiger partial charge in [-0.05, 0) is 25.1 Å². The van der Waals surface area contributed by atoms with Gasteiger partial charge in [0.1, 0.15) is 18.1 Å². The molecule has 0 aliphatic carbocycles. The first kappa shape index (κ1) is 16.5. The molecule has 4 rings (SSSR count). The van der Waals surface area contributed by atoms with Gasteiger partial charge in [0.05, 0.1) is 13.2 Å². The molecule has 0 bridgehead atoms. The Morgan fingerprint density at radius 1 is 1.27 bits per heavy atom. The van der Waals surface area contributed by atoms with E-state index in [0.29, 0.717) is 18.3 Å². The summed E-state index contributed by atoms with van der Waals surface area (Å²) >= 11 is 0. The number of rotatable bonds is 4. The zero-order valence-electron chi connectivity index (χ0n) is 14.8. The normalized spacial score (nSPS) is 15.6. The van der Waals surface area contributed by atoms with Gasteiger partial charge in [0.25, 0.3) is 0 Å². The van der Waals surface area contributed by atoms with E-state index in [2.05, 4.69) is 26.9 Å². The Kier molecular flexibility index (Phi) is 4.53. The van der Waals surface area contributed by atoms with Gasteiger partial charge in [-0.2, -0.15) is 4.98 Å². The lowest BCUT2D eigenvalue weighted by Crippen LogP contribution is -2.29. The first-order valence-electron chi connectivity index (χ1n) is 8.52. The lowest BCUT2D eigenvalue weighted by atomic mass is 10.1. The Labute approximate surface area is 151 Å². The van der Waals surface area contributed by atoms with Gasteiger partial charge in [0.15, 0.2) is 0 Å². The third-order valence-corrected chi connectivity index (χ3v) is 4.55. The van der Waals surface area contributed by atoms with Gasteiger partial charge in [0.2, 0.25) is 11.7 Å². The summed E-state index contributed by atoms with van der Waals surface area (Å²) in [5.74, 6) is 2.79. The average molecular weight is 352 g/mol. The summed E-state index contributed by atoms with van der Waals surface area (Å²) < 4.78 is 16.7. The van der Waals surface area contributed by atoms with Crippen molar-refractivity contribution in [2.24, 2.45) is 0 Å². The number of benzene rings is 1. The highest BCUT2D eigenvalue weighted by Crippen LogP contribution is 2.31. The molecule has 3 aromatic rings. The molecule has 0 saturated heterocycles. The van der Waals surface area contributed by atoms with Crippen molar-refractivity contribution in [1.29, 1.82) is 0 Å². The number of pyridine rings is 1. The zero-order chi connectivity index (χ0) is 17.9. The van der Waals surface area contributed by atoms with Gasteiger partial charge in [-0.25, -0.2) is 0 Å². The van der Waals surface area contributed by atoms with Crippen LogP contribution >= 0.6 is 0 Å². The van der Waals surface area contributed by atoms with Crippen molar-refractivity contribution in [3.63, 3.8) is 0 Å². The Hall–Kier alpha value is -2.93. The number of ether oxygens (including phenoxy) is 2. The second kappa shape index (κ2) is 7.13. The lowest BCUT2D eigenvalue weighted by molar-refractivity contribution is 0.151. The molecular weight excluding hydrogens is 332 g/mol. The van der Waals surface area contributed by atoms with Crippen LogP contribution in [-0.2, 0) is 6.54 Å². The van der Waals surface area contributed by atoms with Crippen molar-refractivity contribution in [3.8, 4) is 22.9 Å². The van der Waals surface area contributed by atoms with E-state index in [9.17, 15) is 0 Å². The van der Waals surface area contributed by atoms with Crippen LogP contribution in [0.15, 0.2) is 47.2 Å². The fraction of sp³-hybridized carbons (Fsp3) is 0.316. The van der Waals surface area contributed by atoms with E-state index in [1.54, 1.807) is 19.5 Å². The number of methoxy groups -OCH3 is 1. The van der Waals surface area contributed by atoms with Crippen LogP contribution in [0.5, 0.6) is 11.5 Å². The van der Waals surface area contributed by atoms with Crippen LogP contribution in [0.2, 0.25) is 0 Å². The summed E-state index contributed by atoms with van der Waals surface area (Å²) in [6.45, 7) is 4.16. The van der Waals surface area contributed by atoms with Crippen LogP contribution in [0.1, 0.15) is 24.4 Å². The Balaban J connectivity index is 1.54. The standard InChI is InChI=1S/C19H20N4O3/c1-13(19-21-18(22-26-19)14-4-3-7-20-11-14)23-8-9-25-17-10-16(24-2)6-5-15(17)12-23/h3-7,10-11,13H,8-9,12H2,1-2H3. The molecular formula is C19H20N4O3. The molecule has 7 heteroatoms. The molecule has 3 heterocycles. The van der Waals surface area contributed by atoms with Gasteiger partial charge in [-0.15, -0.1) is 0 Å². The molecule has 1 unspecified atom stereocenters. The number of fused-ring (bicyclic) bond motifs is 1. The quantitative estimate of drug-likeness (QED) is 0.714. The van der Waals surface area contributed by atoms with Crippen molar-refractivity contribution in [2.75, 3.05) is 20.3 Å². The van der Waals surface area contributed by atoms with E-state index < -0.39 is 0 Å². The minimum atomic E-state index is -0.0235. The predicted molar refractivity (Wildman–Crippen MR) is 94.8 cm³/mol. The number of hydrogen-bond donors (Lipinski definition) is 0. The van der Waals surface area contributed by atoms with Crippen LogP contribution in [-0.4, -0.2) is 40.3 Å². The summed E-state index contributed by atoms with van der Waals surface area (Å²) in [4.78, 5) is 10.9. The molecule has 0 spiro atoms. The monoisotopic (exact) mass is 352 g/mol. The number of aromatic nitrogens is 3. The van der Waals surface area contributed by atoms with Gasteiger partial charge in [-0.1, -0.05) is 11.2 Å². The zero-order valence-corrected chi connectivity index (χ0v) is 14.8. The van der Waals surface area contributed by atoms with Crippen molar-refractivity contribution in [1.82, 2.24) is 20.0 Å². The molecule has 26 heavy (non-hydrogen) atoms. The second-order valence-electron chi connectivity index (χ2n) is 6.17. The van der Waals surface area contributed by atoms with Gasteiger partial charge in [0, 0.05) is 42.7 Å². The summed E-state index contributed by atoms with van der Waals surface area (Å²) in [5.41, 5.74) is 1.95. The fourth-order valence-electron chi connectivity index (χ4n) is 3.00. The topological polar surface area (TPSA) is 73.5 Å². The molecule has 1 atom stereocenters. The Morgan fingerprint density at radius 2 is 2.19 bits per heavy atom. The van der Waals surface area contributed by atoms with Gasteiger partial charge < -0.3 is 14.0 Å². The molecule has 0 fully saturated rings. The van der Waals surface area contributed by atoms with E-state index in [1.807, 2.05) is 30.3 Å². The van der Waals surface area contributed by atoms with E-state index in [0.717, 1.165) is 35.7 Å². The average Bonchev–Trinajstić information content (AvgIpc) is 3.08. The summed E-state index contributed by atoms with van der Waals surface area (Å²) in [7, 11) is 1.65. The smallest absolute Gasteiger partial charge is 0.244 e. The second-order valence-corrected chi connectivity index (χ2v) is 6.17. The fourth-order valence-corrected chi connectivity index (χ4v) is 3.00. The van der Waals surface area contributed by atoms with E-state index in [1.165, 1.54) is 0 Å². The van der Waals surface area contributed by atoms with Gasteiger partial charge in [-0.3, -0.25) is 9.88 Å². The molecule has 0 radical (unpaired) electrons. The minimum absolute atomic E-state index is 0.0235. The first-order valence-corrected chi connectivity index (χ1v) is 8.52. The SMILES string of the molecule is COc1ccc2c(c1)OCCN(C(C)c1nc(-c3cccnc3)no1)C2. The highest BCUT2D eigenvalue weighted by molar-refractivity contribution is 5.51. The van der Waals surface area contributed by atoms with Crippen molar-refractivity contribution in [2.45, 2.75) is 19.5 Å². The molecule has 7 nitrogen and oxygen atoms in total. The van der Waals surface area contributed by atoms with Crippen LogP contribution in [0, 0.1) is 0 Å². The first-order chi connectivity index (χ1) is 12.7. The Bertz CT molecular complexity index is 882. The molecule has 0 amide bonds. The molecule has 0 saturated carbocycles. The summed E-state index contributed by atoms with van der Waals surface area (Å²) in [5, 5.41) is 4.09. The predicted octanol–water partition coefficient (Wildman–Crippen LogP) is 3.10. The maximum atomic E-state index is 5.89. The highest BCUT2D eigenvalue weighted by atomic mass is 16.5. The van der Waals surface area contributed by atoms with E-state index in [4.69, 9.17) is 14.0 Å². The molecule has 134 valence electrons. The third kappa shape index (κ3) is 3.25. The summed E-state index contributed by atoms with van der Waals surface area (Å²) in [6.07, 6.45) is 3.44. The molecule has 1 aliphatic rings. The van der Waals surface area contributed by atoms with Crippen LogP contribution in [0.3, 0.4) is 0 Å². The van der Waals surface area contributed by atoms with Crippen molar-refractivity contribution in [3.05, 3.63) is 54.2 Å². The van der Waals surface area contributed by atoms with Crippen LogP contribution < -0.4 is 9.47 Å². The minimum Gasteiger partial charge on any atom is -0.497 e.